The fourth-order valence-corrected chi connectivity index (χ4v) is 4.03. The number of carbonyl (C=O) groups excluding carboxylic acids is 1. The molecule has 2 aliphatic carbocycles. The van der Waals surface area contributed by atoms with Crippen LogP contribution in [-0.2, 0) is 4.79 Å². The largest absolute Gasteiger partial charge is 0.401 e. The molecular weight excluding hydrogens is 302 g/mol. The summed E-state index contributed by atoms with van der Waals surface area (Å²) in [5.74, 6) is -0.265. The van der Waals surface area contributed by atoms with E-state index in [1.807, 2.05) is 0 Å². The number of alkyl halides is 4. The molecule has 4 nitrogen and oxygen atoms in total. The van der Waals surface area contributed by atoms with Crippen LogP contribution in [0.15, 0.2) is 0 Å². The Hall–Kier alpha value is -0.890. The molecule has 126 valence electrons. The lowest BCUT2D eigenvalue weighted by Gasteiger charge is -2.41. The predicted octanol–water partition coefficient (Wildman–Crippen LogP) is 0.920. The fraction of sp³-hybridized carbons (Fsp3) is 0.929. The topological polar surface area (TPSA) is 58.4 Å². The lowest BCUT2D eigenvalue weighted by Crippen LogP contribution is -2.51. The number of nitrogens with one attached hydrogen (secondary N) is 1. The first-order valence-electron chi connectivity index (χ1n) is 7.66. The summed E-state index contributed by atoms with van der Waals surface area (Å²) in [6.07, 6.45) is -3.44. The van der Waals surface area contributed by atoms with E-state index in [1.54, 1.807) is 0 Å². The van der Waals surface area contributed by atoms with E-state index in [1.165, 1.54) is 4.90 Å². The van der Waals surface area contributed by atoms with Crippen LogP contribution in [0.5, 0.6) is 0 Å². The van der Waals surface area contributed by atoms with Gasteiger partial charge < -0.3 is 11.1 Å². The zero-order valence-electron chi connectivity index (χ0n) is 12.2. The highest BCUT2D eigenvalue weighted by Crippen LogP contribution is 2.52. The number of piperidine rings is 1. The van der Waals surface area contributed by atoms with Crippen molar-refractivity contribution in [2.75, 3.05) is 32.7 Å². The van der Waals surface area contributed by atoms with Crippen molar-refractivity contribution < 1.29 is 22.4 Å². The highest BCUT2D eigenvalue weighted by Gasteiger charge is 2.60. The first-order valence-corrected chi connectivity index (χ1v) is 7.66. The van der Waals surface area contributed by atoms with Gasteiger partial charge in [-0.3, -0.25) is 9.69 Å². The van der Waals surface area contributed by atoms with Gasteiger partial charge in [0.25, 0.3) is 0 Å². The van der Waals surface area contributed by atoms with Gasteiger partial charge in [0.1, 0.15) is 5.67 Å². The van der Waals surface area contributed by atoms with Gasteiger partial charge in [-0.15, -0.1) is 0 Å². The third-order valence-electron chi connectivity index (χ3n) is 5.20. The summed E-state index contributed by atoms with van der Waals surface area (Å²) in [5.41, 5.74) is 4.09. The van der Waals surface area contributed by atoms with Crippen LogP contribution in [0.2, 0.25) is 0 Å². The van der Waals surface area contributed by atoms with Gasteiger partial charge in [-0.1, -0.05) is 0 Å². The monoisotopic (exact) mass is 323 g/mol. The molecule has 0 radical (unpaired) electrons. The van der Waals surface area contributed by atoms with Crippen LogP contribution in [0.1, 0.15) is 12.8 Å². The van der Waals surface area contributed by atoms with Gasteiger partial charge in [0.15, 0.2) is 0 Å². The first-order chi connectivity index (χ1) is 10.2. The Kier molecular flexibility index (Phi) is 3.87. The molecule has 2 unspecified atom stereocenters. The van der Waals surface area contributed by atoms with Gasteiger partial charge in [-0.2, -0.15) is 13.2 Å². The number of hydrogen-bond acceptors (Lipinski definition) is 3. The molecule has 3 aliphatic rings. The molecule has 2 atom stereocenters. The fourth-order valence-electron chi connectivity index (χ4n) is 4.03. The average Bonchev–Trinajstić information content (AvgIpc) is 2.88. The van der Waals surface area contributed by atoms with Crippen molar-refractivity contribution in [3.8, 4) is 0 Å². The maximum Gasteiger partial charge on any atom is 0.401 e. The first kappa shape index (κ1) is 16.0. The lowest BCUT2D eigenvalue weighted by atomic mass is 9.72. The second-order valence-corrected chi connectivity index (χ2v) is 7.04. The lowest BCUT2D eigenvalue weighted by molar-refractivity contribution is -0.145. The maximum absolute atomic E-state index is 14.1. The van der Waals surface area contributed by atoms with Crippen LogP contribution >= 0.6 is 0 Å². The van der Waals surface area contributed by atoms with Crippen LogP contribution in [0.25, 0.3) is 0 Å². The molecule has 22 heavy (non-hydrogen) atoms. The molecular formula is C14H21F4N3O. The molecule has 0 spiro atoms. The minimum Gasteiger partial charge on any atom is -0.353 e. The van der Waals surface area contributed by atoms with Gasteiger partial charge >= 0.3 is 6.18 Å². The normalized spacial score (nSPS) is 41.0. The number of likely N-dealkylation sites (tertiary alicyclic amines) is 1. The summed E-state index contributed by atoms with van der Waals surface area (Å²) in [7, 11) is 0. The third-order valence-corrected chi connectivity index (χ3v) is 5.20. The van der Waals surface area contributed by atoms with E-state index in [0.29, 0.717) is 32.5 Å². The molecule has 1 aliphatic heterocycles. The van der Waals surface area contributed by atoms with Crippen molar-refractivity contribution in [2.45, 2.75) is 24.7 Å². The van der Waals surface area contributed by atoms with Gasteiger partial charge in [0.05, 0.1) is 13.1 Å². The van der Waals surface area contributed by atoms with Crippen LogP contribution in [0.3, 0.4) is 0 Å². The second-order valence-electron chi connectivity index (χ2n) is 7.04. The smallest absolute Gasteiger partial charge is 0.353 e. The van der Waals surface area contributed by atoms with E-state index in [9.17, 15) is 22.4 Å². The summed E-state index contributed by atoms with van der Waals surface area (Å²) in [4.78, 5) is 13.3. The maximum atomic E-state index is 14.1. The Morgan fingerprint density at radius 3 is 2.36 bits per heavy atom. The Bertz CT molecular complexity index is 438. The zero-order chi connectivity index (χ0) is 16.1. The highest BCUT2D eigenvalue weighted by atomic mass is 19.4. The van der Waals surface area contributed by atoms with Crippen LogP contribution in [-0.4, -0.2) is 55.4 Å². The molecule has 2 saturated carbocycles. The van der Waals surface area contributed by atoms with Gasteiger partial charge in [0.2, 0.25) is 5.91 Å². The standard InChI is InChI=1S/C14H21F4N3O/c15-13(1-8(2-13)3-19)6-20-12(22)11-9-4-21(5-10(9)11)7-14(16,17)18/h8-11H,1-7,19H2,(H,20,22). The van der Waals surface area contributed by atoms with Crippen molar-refractivity contribution in [3.63, 3.8) is 0 Å². The van der Waals surface area contributed by atoms with Crippen molar-refractivity contribution in [1.82, 2.24) is 10.2 Å². The number of nitrogens with two attached hydrogens (primary N) is 1. The predicted molar refractivity (Wildman–Crippen MR) is 71.6 cm³/mol. The Balaban J connectivity index is 1.38. The second kappa shape index (κ2) is 5.33. The molecule has 0 aromatic carbocycles. The van der Waals surface area contributed by atoms with E-state index in [4.69, 9.17) is 5.73 Å². The molecule has 1 amide bonds. The van der Waals surface area contributed by atoms with Crippen molar-refractivity contribution in [2.24, 2.45) is 29.4 Å². The van der Waals surface area contributed by atoms with E-state index in [0.717, 1.165) is 0 Å². The number of carbonyl (C=O) groups is 1. The number of fused-ring (bicyclic) bond motifs is 1. The minimum absolute atomic E-state index is 0.00362. The molecule has 1 saturated heterocycles. The molecule has 0 aromatic heterocycles. The number of amides is 1. The van der Waals surface area contributed by atoms with E-state index in [-0.39, 0.29) is 36.1 Å². The molecule has 0 bridgehead atoms. The molecule has 0 aromatic rings. The summed E-state index contributed by atoms with van der Waals surface area (Å²) >= 11 is 0. The average molecular weight is 323 g/mol. The Morgan fingerprint density at radius 1 is 1.27 bits per heavy atom. The quantitative estimate of drug-likeness (QED) is 0.740. The summed E-state index contributed by atoms with van der Waals surface area (Å²) in [6, 6.07) is 0. The Labute approximate surface area is 126 Å². The van der Waals surface area contributed by atoms with Crippen molar-refractivity contribution in [3.05, 3.63) is 0 Å². The van der Waals surface area contributed by atoms with E-state index in [2.05, 4.69) is 5.32 Å². The molecule has 1 heterocycles. The van der Waals surface area contributed by atoms with Crippen LogP contribution in [0.4, 0.5) is 17.6 Å². The van der Waals surface area contributed by atoms with Crippen molar-refractivity contribution in [1.29, 1.82) is 0 Å². The number of nitrogens with zero attached hydrogens (tertiary/aromatic N) is 1. The SMILES string of the molecule is NCC1CC(F)(CNC(=O)C2C3CN(CC(F)(F)F)CC32)C1. The number of halogens is 4. The minimum atomic E-state index is -4.20. The van der Waals surface area contributed by atoms with Crippen LogP contribution < -0.4 is 11.1 Å². The molecule has 8 heteroatoms. The highest BCUT2D eigenvalue weighted by molar-refractivity contribution is 5.82. The van der Waals surface area contributed by atoms with E-state index >= 15 is 0 Å². The van der Waals surface area contributed by atoms with Gasteiger partial charge in [-0.25, -0.2) is 4.39 Å². The molecule has 3 N–H and O–H groups in total. The van der Waals surface area contributed by atoms with E-state index < -0.39 is 18.4 Å². The summed E-state index contributed by atoms with van der Waals surface area (Å²) in [5, 5.41) is 2.63. The summed E-state index contributed by atoms with van der Waals surface area (Å²) in [6.45, 7) is 0.144. The van der Waals surface area contributed by atoms with Gasteiger partial charge in [0, 0.05) is 19.0 Å². The summed E-state index contributed by atoms with van der Waals surface area (Å²) < 4.78 is 51.0. The van der Waals surface area contributed by atoms with Gasteiger partial charge in [-0.05, 0) is 37.1 Å². The molecule has 3 fully saturated rings. The zero-order valence-corrected chi connectivity index (χ0v) is 12.2. The molecule has 3 rings (SSSR count). The van der Waals surface area contributed by atoms with Crippen molar-refractivity contribution >= 4 is 5.91 Å². The Morgan fingerprint density at radius 2 is 1.86 bits per heavy atom. The number of rotatable bonds is 5. The van der Waals surface area contributed by atoms with Crippen LogP contribution in [0, 0.1) is 23.7 Å². The number of hydrogen-bond donors (Lipinski definition) is 2. The third kappa shape index (κ3) is 3.22.